The molecular formula is C16H12ClN5. The molecule has 0 amide bonds. The number of anilines is 2. The van der Waals surface area contributed by atoms with E-state index in [-0.39, 0.29) is 0 Å². The highest BCUT2D eigenvalue weighted by atomic mass is 35.5. The molecular weight excluding hydrogens is 298 g/mol. The summed E-state index contributed by atoms with van der Waals surface area (Å²) in [6.45, 7) is 1.95. The fourth-order valence-electron chi connectivity index (χ4n) is 2.55. The van der Waals surface area contributed by atoms with Crippen LogP contribution in [-0.2, 0) is 0 Å². The minimum absolute atomic E-state index is 0.494. The van der Waals surface area contributed by atoms with Gasteiger partial charge in [0.2, 0.25) is 0 Å². The van der Waals surface area contributed by atoms with E-state index in [1.807, 2.05) is 43.3 Å². The smallest absolute Gasteiger partial charge is 0.178 e. The Bertz CT molecular complexity index is 992. The Morgan fingerprint density at radius 3 is 3.00 bits per heavy atom. The number of benzene rings is 1. The predicted molar refractivity (Wildman–Crippen MR) is 88.7 cm³/mol. The fraction of sp³-hybridized carbons (Fsp3) is 0.0625. The maximum absolute atomic E-state index is 6.04. The van der Waals surface area contributed by atoms with E-state index in [4.69, 9.17) is 11.6 Å². The molecule has 1 aromatic carbocycles. The lowest BCUT2D eigenvalue weighted by molar-refractivity contribution is 1.12. The van der Waals surface area contributed by atoms with Crippen LogP contribution < -0.4 is 5.32 Å². The molecule has 0 fully saturated rings. The van der Waals surface area contributed by atoms with Gasteiger partial charge in [0, 0.05) is 23.0 Å². The summed E-state index contributed by atoms with van der Waals surface area (Å²) in [4.78, 5) is 8.61. The molecule has 22 heavy (non-hydrogen) atoms. The number of aryl methyl sites for hydroxylation is 1. The van der Waals surface area contributed by atoms with Gasteiger partial charge >= 0.3 is 0 Å². The monoisotopic (exact) mass is 309 g/mol. The van der Waals surface area contributed by atoms with Gasteiger partial charge in [-0.3, -0.25) is 10.1 Å². The number of pyridine rings is 2. The molecule has 0 unspecified atom stereocenters. The van der Waals surface area contributed by atoms with Gasteiger partial charge in [-0.25, -0.2) is 4.98 Å². The lowest BCUT2D eigenvalue weighted by Gasteiger charge is -2.07. The zero-order valence-corrected chi connectivity index (χ0v) is 12.5. The van der Waals surface area contributed by atoms with E-state index in [9.17, 15) is 0 Å². The molecule has 0 aliphatic rings. The third-order valence-electron chi connectivity index (χ3n) is 3.57. The van der Waals surface area contributed by atoms with E-state index >= 15 is 0 Å². The largest absolute Gasteiger partial charge is 0.337 e. The molecule has 0 aliphatic heterocycles. The van der Waals surface area contributed by atoms with Crippen LogP contribution in [0, 0.1) is 6.92 Å². The Morgan fingerprint density at radius 2 is 2.09 bits per heavy atom. The third-order valence-corrected chi connectivity index (χ3v) is 3.77. The third kappa shape index (κ3) is 2.16. The van der Waals surface area contributed by atoms with Gasteiger partial charge in [-0.1, -0.05) is 17.7 Å². The summed E-state index contributed by atoms with van der Waals surface area (Å²) in [6.07, 6.45) is 1.75. The van der Waals surface area contributed by atoms with Crippen LogP contribution in [0.3, 0.4) is 0 Å². The lowest BCUT2D eigenvalue weighted by atomic mass is 10.1. The molecule has 0 saturated heterocycles. The van der Waals surface area contributed by atoms with Crippen LogP contribution in [0.25, 0.3) is 21.8 Å². The van der Waals surface area contributed by atoms with Crippen molar-refractivity contribution in [3.8, 4) is 0 Å². The summed E-state index contributed by atoms with van der Waals surface area (Å²) in [5, 5.41) is 13.1. The summed E-state index contributed by atoms with van der Waals surface area (Å²) < 4.78 is 0. The molecule has 2 N–H and O–H groups in total. The highest BCUT2D eigenvalue weighted by Gasteiger charge is 2.08. The zero-order chi connectivity index (χ0) is 15.1. The predicted octanol–water partition coefficient (Wildman–Crippen LogP) is 4.21. The number of nitrogens with one attached hydrogen (secondary N) is 2. The normalized spacial score (nSPS) is 11.2. The average molecular weight is 310 g/mol. The molecule has 6 heteroatoms. The van der Waals surface area contributed by atoms with Crippen molar-refractivity contribution in [3.63, 3.8) is 0 Å². The van der Waals surface area contributed by atoms with E-state index in [2.05, 4.69) is 25.5 Å². The van der Waals surface area contributed by atoms with E-state index < -0.39 is 0 Å². The fourth-order valence-corrected chi connectivity index (χ4v) is 2.79. The summed E-state index contributed by atoms with van der Waals surface area (Å²) >= 11 is 6.04. The Balaban J connectivity index is 1.78. The van der Waals surface area contributed by atoms with Crippen molar-refractivity contribution in [1.82, 2.24) is 20.2 Å². The maximum Gasteiger partial charge on any atom is 0.178 e. The van der Waals surface area contributed by atoms with Crippen LogP contribution in [0.1, 0.15) is 5.69 Å². The number of rotatable bonds is 2. The van der Waals surface area contributed by atoms with Gasteiger partial charge in [-0.2, -0.15) is 5.10 Å². The van der Waals surface area contributed by atoms with Crippen LogP contribution in [0.15, 0.2) is 42.6 Å². The Kier molecular flexibility index (Phi) is 2.94. The van der Waals surface area contributed by atoms with Gasteiger partial charge in [-0.15, -0.1) is 0 Å². The lowest BCUT2D eigenvalue weighted by Crippen LogP contribution is -1.93. The first kappa shape index (κ1) is 13.0. The Hall–Kier alpha value is -2.66. The van der Waals surface area contributed by atoms with Crippen LogP contribution in [0.2, 0.25) is 5.15 Å². The molecule has 0 saturated carbocycles. The zero-order valence-electron chi connectivity index (χ0n) is 11.8. The SMILES string of the molecule is Cc1nc(Cl)cc2cc(Nc3n[nH]c4cccnc34)ccc12. The van der Waals surface area contributed by atoms with Crippen LogP contribution in [-0.4, -0.2) is 20.2 Å². The number of aromatic nitrogens is 4. The Labute approximate surface area is 131 Å². The van der Waals surface area contributed by atoms with Crippen molar-refractivity contribution in [3.05, 3.63) is 53.4 Å². The van der Waals surface area contributed by atoms with Gasteiger partial charge in [0.25, 0.3) is 0 Å². The van der Waals surface area contributed by atoms with Gasteiger partial charge in [0.05, 0.1) is 5.52 Å². The van der Waals surface area contributed by atoms with Gasteiger partial charge in [0.1, 0.15) is 10.7 Å². The van der Waals surface area contributed by atoms with E-state index in [1.165, 1.54) is 0 Å². The molecule has 108 valence electrons. The number of hydrogen-bond acceptors (Lipinski definition) is 4. The van der Waals surface area contributed by atoms with Crippen molar-refractivity contribution < 1.29 is 0 Å². The maximum atomic E-state index is 6.04. The number of fused-ring (bicyclic) bond motifs is 2. The summed E-state index contributed by atoms with van der Waals surface area (Å²) in [5.74, 6) is 0.701. The quantitative estimate of drug-likeness (QED) is 0.544. The second kappa shape index (κ2) is 4.96. The summed E-state index contributed by atoms with van der Waals surface area (Å²) in [5.41, 5.74) is 3.55. The van der Waals surface area contributed by atoms with Crippen LogP contribution in [0.4, 0.5) is 11.5 Å². The minimum Gasteiger partial charge on any atom is -0.337 e. The van der Waals surface area contributed by atoms with Gasteiger partial charge in [0.15, 0.2) is 5.82 Å². The number of hydrogen-bond donors (Lipinski definition) is 2. The Morgan fingerprint density at radius 1 is 1.18 bits per heavy atom. The standard InChI is InChI=1S/C16H12ClN5/c1-9-12-5-4-11(7-10(12)8-14(17)19-9)20-16-15-13(21-22-16)3-2-6-18-15/h2-8H,1H3,(H2,20,21,22). The van der Waals surface area contributed by atoms with Crippen molar-refractivity contribution in [1.29, 1.82) is 0 Å². The van der Waals surface area contributed by atoms with Gasteiger partial charge in [-0.05, 0) is 42.6 Å². The number of halogens is 1. The number of nitrogens with zero attached hydrogens (tertiary/aromatic N) is 3. The van der Waals surface area contributed by atoms with Gasteiger partial charge < -0.3 is 5.32 Å². The molecule has 0 radical (unpaired) electrons. The van der Waals surface area contributed by atoms with E-state index in [0.29, 0.717) is 11.0 Å². The topological polar surface area (TPSA) is 66.5 Å². The molecule has 4 rings (SSSR count). The molecule has 0 spiro atoms. The number of aromatic amines is 1. The van der Waals surface area contributed by atoms with Crippen molar-refractivity contribution in [2.75, 3.05) is 5.32 Å². The number of H-pyrrole nitrogens is 1. The molecule has 0 bridgehead atoms. The molecule has 0 atom stereocenters. The molecule has 4 aromatic rings. The summed E-state index contributed by atoms with van der Waals surface area (Å²) in [7, 11) is 0. The van der Waals surface area contributed by atoms with Crippen LogP contribution in [0.5, 0.6) is 0 Å². The van der Waals surface area contributed by atoms with E-state index in [1.54, 1.807) is 6.20 Å². The second-order valence-corrected chi connectivity index (χ2v) is 5.45. The first-order chi connectivity index (χ1) is 10.7. The van der Waals surface area contributed by atoms with Crippen LogP contribution >= 0.6 is 11.6 Å². The second-order valence-electron chi connectivity index (χ2n) is 5.06. The molecule has 3 heterocycles. The van der Waals surface area contributed by atoms with E-state index in [0.717, 1.165) is 33.2 Å². The van der Waals surface area contributed by atoms with Crippen molar-refractivity contribution in [2.45, 2.75) is 6.92 Å². The molecule has 5 nitrogen and oxygen atoms in total. The highest BCUT2D eigenvalue weighted by molar-refractivity contribution is 6.30. The minimum atomic E-state index is 0.494. The average Bonchev–Trinajstić information content (AvgIpc) is 2.90. The summed E-state index contributed by atoms with van der Waals surface area (Å²) in [6, 6.07) is 11.7. The van der Waals surface area contributed by atoms with Crippen molar-refractivity contribution in [2.24, 2.45) is 0 Å². The first-order valence-corrected chi connectivity index (χ1v) is 7.21. The molecule has 0 aliphatic carbocycles. The highest BCUT2D eigenvalue weighted by Crippen LogP contribution is 2.27. The molecule has 3 aromatic heterocycles. The van der Waals surface area contributed by atoms with Crippen molar-refractivity contribution >= 4 is 44.9 Å². The first-order valence-electron chi connectivity index (χ1n) is 6.84.